The van der Waals surface area contributed by atoms with Crippen LogP contribution in [-0.4, -0.2) is 22.2 Å². The van der Waals surface area contributed by atoms with Crippen LogP contribution in [0, 0.1) is 0 Å². The van der Waals surface area contributed by atoms with Crippen molar-refractivity contribution in [2.24, 2.45) is 0 Å². The first-order chi connectivity index (χ1) is 7.08. The molecule has 0 aliphatic heterocycles. The minimum absolute atomic E-state index is 0.0517. The number of aliphatic carboxylic acids is 1. The highest BCUT2D eigenvalue weighted by molar-refractivity contribution is 5.91. The molecule has 0 aromatic heterocycles. The van der Waals surface area contributed by atoms with Gasteiger partial charge in [-0.2, -0.15) is 0 Å². The van der Waals surface area contributed by atoms with Crippen LogP contribution in [0.1, 0.15) is 0 Å². The van der Waals surface area contributed by atoms with Crippen LogP contribution >= 0.6 is 0 Å². The summed E-state index contributed by atoms with van der Waals surface area (Å²) < 4.78 is 4.72. The summed E-state index contributed by atoms with van der Waals surface area (Å²) in [4.78, 5) is 21.0. The molecule has 0 atom stereocenters. The Morgan fingerprint density at radius 2 is 1.73 bits per heavy atom. The van der Waals surface area contributed by atoms with Crippen LogP contribution in [0.3, 0.4) is 0 Å². The molecule has 0 amide bonds. The maximum Gasteiger partial charge on any atom is 0.336 e. The number of carboxylic acids is 1. The predicted molar refractivity (Wildman–Crippen MR) is 50.5 cm³/mol. The third-order valence-electron chi connectivity index (χ3n) is 1.42. The van der Waals surface area contributed by atoms with Crippen molar-refractivity contribution in [2.75, 3.05) is 0 Å². The van der Waals surface area contributed by atoms with Crippen molar-refractivity contribution in [3.05, 3.63) is 36.4 Å². The molecule has 0 radical (unpaired) electrons. The van der Waals surface area contributed by atoms with Crippen molar-refractivity contribution in [2.45, 2.75) is 0 Å². The fourth-order valence-corrected chi connectivity index (χ4v) is 0.804. The molecule has 1 aromatic rings. The van der Waals surface area contributed by atoms with E-state index in [1.165, 1.54) is 24.3 Å². The summed E-state index contributed by atoms with van der Waals surface area (Å²) in [6, 6.07) is 5.48. The molecule has 15 heavy (non-hydrogen) atoms. The number of benzene rings is 1. The van der Waals surface area contributed by atoms with Gasteiger partial charge in [0.25, 0.3) is 0 Å². The Morgan fingerprint density at radius 1 is 1.13 bits per heavy atom. The number of rotatable bonds is 3. The van der Waals surface area contributed by atoms with Crippen molar-refractivity contribution in [1.82, 2.24) is 0 Å². The number of phenolic OH excluding ortho intramolecular Hbond substituents is 1. The van der Waals surface area contributed by atoms with E-state index in [1.807, 2.05) is 0 Å². The van der Waals surface area contributed by atoms with E-state index in [0.717, 1.165) is 6.08 Å². The Balaban J connectivity index is 2.59. The van der Waals surface area contributed by atoms with Gasteiger partial charge in [0.05, 0.1) is 0 Å². The summed E-state index contributed by atoms with van der Waals surface area (Å²) in [5, 5.41) is 17.2. The van der Waals surface area contributed by atoms with E-state index < -0.39 is 11.9 Å². The second-order valence-corrected chi connectivity index (χ2v) is 2.59. The van der Waals surface area contributed by atoms with Gasteiger partial charge in [-0.3, -0.25) is 0 Å². The van der Waals surface area contributed by atoms with Crippen LogP contribution in [0.15, 0.2) is 36.4 Å². The Kier molecular flexibility index (Phi) is 3.45. The lowest BCUT2D eigenvalue weighted by molar-refractivity contribution is -0.133. The van der Waals surface area contributed by atoms with Crippen molar-refractivity contribution in [1.29, 1.82) is 0 Å². The minimum Gasteiger partial charge on any atom is -0.508 e. The molecule has 2 N–H and O–H groups in total. The number of carbonyl (C=O) groups excluding carboxylic acids is 1. The van der Waals surface area contributed by atoms with Gasteiger partial charge in [-0.25, -0.2) is 9.59 Å². The van der Waals surface area contributed by atoms with Gasteiger partial charge in [0.2, 0.25) is 0 Å². The van der Waals surface area contributed by atoms with Gasteiger partial charge < -0.3 is 14.9 Å². The van der Waals surface area contributed by atoms with E-state index >= 15 is 0 Å². The van der Waals surface area contributed by atoms with Crippen LogP contribution < -0.4 is 4.74 Å². The number of carbonyl (C=O) groups is 2. The highest BCUT2D eigenvalue weighted by atomic mass is 16.5. The van der Waals surface area contributed by atoms with E-state index in [4.69, 9.17) is 14.9 Å². The second kappa shape index (κ2) is 4.80. The Hall–Kier alpha value is -2.30. The Morgan fingerprint density at radius 3 is 2.27 bits per heavy atom. The van der Waals surface area contributed by atoms with Crippen LogP contribution in [0.4, 0.5) is 0 Å². The third kappa shape index (κ3) is 3.95. The molecule has 0 fully saturated rings. The lowest BCUT2D eigenvalue weighted by Crippen LogP contribution is -2.04. The molecule has 0 unspecified atom stereocenters. The molecule has 1 rings (SSSR count). The number of hydrogen-bond acceptors (Lipinski definition) is 4. The van der Waals surface area contributed by atoms with E-state index in [9.17, 15) is 9.59 Å². The number of esters is 1. The van der Waals surface area contributed by atoms with Gasteiger partial charge in [-0.15, -0.1) is 0 Å². The molecule has 0 saturated carbocycles. The normalized spacial score (nSPS) is 10.1. The second-order valence-electron chi connectivity index (χ2n) is 2.59. The summed E-state index contributed by atoms with van der Waals surface area (Å²) in [5.74, 6) is -1.73. The molecule has 1 aromatic carbocycles. The van der Waals surface area contributed by atoms with Crippen molar-refractivity contribution < 1.29 is 24.5 Å². The maximum atomic E-state index is 11.0. The third-order valence-corrected chi connectivity index (χ3v) is 1.42. The average molecular weight is 208 g/mol. The van der Waals surface area contributed by atoms with E-state index in [2.05, 4.69) is 0 Å². The molecule has 78 valence electrons. The smallest absolute Gasteiger partial charge is 0.336 e. The monoisotopic (exact) mass is 208 g/mol. The zero-order chi connectivity index (χ0) is 11.3. The predicted octanol–water partition coefficient (Wildman–Crippen LogP) is 0.938. The molecule has 0 bridgehead atoms. The first-order valence-electron chi connectivity index (χ1n) is 4.00. The fraction of sp³-hybridized carbons (Fsp3) is 0. The number of phenols is 1. The molecular formula is C10H8O5. The molecule has 0 aliphatic rings. The highest BCUT2D eigenvalue weighted by Gasteiger charge is 2.00. The quantitative estimate of drug-likeness (QED) is 0.438. The van der Waals surface area contributed by atoms with E-state index in [-0.39, 0.29) is 11.5 Å². The van der Waals surface area contributed by atoms with Gasteiger partial charge in [-0.05, 0) is 24.3 Å². The maximum absolute atomic E-state index is 11.0. The zero-order valence-corrected chi connectivity index (χ0v) is 7.58. The minimum atomic E-state index is -1.22. The largest absolute Gasteiger partial charge is 0.508 e. The fourth-order valence-electron chi connectivity index (χ4n) is 0.804. The first-order valence-corrected chi connectivity index (χ1v) is 4.00. The van der Waals surface area contributed by atoms with Gasteiger partial charge in [0.15, 0.2) is 0 Å². The molecule has 0 saturated heterocycles. The number of carboxylic acid groups (broad SMARTS) is 1. The van der Waals surface area contributed by atoms with Gasteiger partial charge >= 0.3 is 11.9 Å². The molecule has 0 aliphatic carbocycles. The Labute approximate surface area is 85.2 Å². The van der Waals surface area contributed by atoms with Crippen molar-refractivity contribution >= 4 is 11.9 Å². The number of hydrogen-bond donors (Lipinski definition) is 2. The van der Waals surface area contributed by atoms with Gasteiger partial charge in [0.1, 0.15) is 11.5 Å². The van der Waals surface area contributed by atoms with Gasteiger partial charge in [0, 0.05) is 12.2 Å². The highest BCUT2D eigenvalue weighted by Crippen LogP contribution is 2.15. The van der Waals surface area contributed by atoms with Crippen LogP contribution in [0.2, 0.25) is 0 Å². The summed E-state index contributed by atoms with van der Waals surface area (Å²) in [6.07, 6.45) is 1.48. The summed E-state index contributed by atoms with van der Waals surface area (Å²) >= 11 is 0. The SMILES string of the molecule is O=C(O)/C=C\C(=O)Oc1ccc(O)cc1. The Bertz CT molecular complexity index is 391. The number of ether oxygens (including phenoxy) is 1. The van der Waals surface area contributed by atoms with Crippen LogP contribution in [0.25, 0.3) is 0 Å². The topological polar surface area (TPSA) is 83.8 Å². The molecular weight excluding hydrogens is 200 g/mol. The lowest BCUT2D eigenvalue weighted by Gasteiger charge is -2.00. The van der Waals surface area contributed by atoms with Crippen LogP contribution in [0.5, 0.6) is 11.5 Å². The summed E-state index contributed by atoms with van der Waals surface area (Å²) in [6.45, 7) is 0. The average Bonchev–Trinajstić information content (AvgIpc) is 2.19. The van der Waals surface area contributed by atoms with Crippen LogP contribution in [-0.2, 0) is 9.59 Å². The standard InChI is InChI=1S/C10H8O5/c11-7-1-3-8(4-2-7)15-10(14)6-5-9(12)13/h1-6,11H,(H,12,13)/b6-5-. The molecule has 0 spiro atoms. The first kappa shape index (κ1) is 10.8. The van der Waals surface area contributed by atoms with E-state index in [0.29, 0.717) is 6.08 Å². The molecule has 5 nitrogen and oxygen atoms in total. The summed E-state index contributed by atoms with van der Waals surface area (Å²) in [5.41, 5.74) is 0. The summed E-state index contributed by atoms with van der Waals surface area (Å²) in [7, 11) is 0. The van der Waals surface area contributed by atoms with E-state index in [1.54, 1.807) is 0 Å². The van der Waals surface area contributed by atoms with Crippen molar-refractivity contribution in [3.63, 3.8) is 0 Å². The van der Waals surface area contributed by atoms with Crippen molar-refractivity contribution in [3.8, 4) is 11.5 Å². The molecule has 0 heterocycles. The zero-order valence-electron chi connectivity index (χ0n) is 7.58. The number of aromatic hydroxyl groups is 1. The molecule has 5 heteroatoms. The lowest BCUT2D eigenvalue weighted by atomic mass is 10.3. The van der Waals surface area contributed by atoms with Gasteiger partial charge in [-0.1, -0.05) is 0 Å².